The van der Waals surface area contributed by atoms with Crippen LogP contribution in [0.1, 0.15) is 5.56 Å². The molecule has 0 spiro atoms. The highest BCUT2D eigenvalue weighted by molar-refractivity contribution is 5.92. The molecule has 1 amide bonds. The molecule has 0 unspecified atom stereocenters. The van der Waals surface area contributed by atoms with E-state index in [1.807, 2.05) is 12.1 Å². The van der Waals surface area contributed by atoms with E-state index in [1.165, 1.54) is 7.11 Å². The van der Waals surface area contributed by atoms with E-state index in [4.69, 9.17) is 14.7 Å². The summed E-state index contributed by atoms with van der Waals surface area (Å²) in [5.41, 5.74) is 1.81. The molecule has 0 radical (unpaired) electrons. The molecule has 136 valence electrons. The molecule has 0 aliphatic heterocycles. The van der Waals surface area contributed by atoms with Crippen molar-refractivity contribution >= 4 is 11.6 Å². The average Bonchev–Trinajstić information content (AvgIpc) is 3.12. The molecule has 1 heterocycles. The summed E-state index contributed by atoms with van der Waals surface area (Å²) in [5, 5.41) is 23.0. The molecule has 0 saturated heterocycles. The number of aromatic nitrogens is 4. The second-order valence-corrected chi connectivity index (χ2v) is 5.52. The van der Waals surface area contributed by atoms with Crippen LogP contribution in [0.25, 0.3) is 11.4 Å². The van der Waals surface area contributed by atoms with Crippen molar-refractivity contribution in [1.82, 2.24) is 20.2 Å². The Hall–Kier alpha value is -3.93. The number of tetrazole rings is 1. The number of rotatable bonds is 6. The van der Waals surface area contributed by atoms with Gasteiger partial charge in [-0.05, 0) is 34.7 Å². The van der Waals surface area contributed by atoms with Crippen molar-refractivity contribution in [2.24, 2.45) is 7.05 Å². The van der Waals surface area contributed by atoms with Gasteiger partial charge >= 0.3 is 0 Å². The zero-order valence-corrected chi connectivity index (χ0v) is 14.7. The number of anilines is 1. The molecular formula is C18H16N6O3. The lowest BCUT2D eigenvalue weighted by atomic mass is 10.2. The number of methoxy groups -OCH3 is 1. The van der Waals surface area contributed by atoms with Gasteiger partial charge in [-0.2, -0.15) is 5.26 Å². The van der Waals surface area contributed by atoms with Crippen molar-refractivity contribution in [2.75, 3.05) is 19.0 Å². The number of amides is 1. The highest BCUT2D eigenvalue weighted by Gasteiger charge is 2.11. The van der Waals surface area contributed by atoms with Gasteiger partial charge in [0.1, 0.15) is 0 Å². The fraction of sp³-hybridized carbons (Fsp3) is 0.167. The zero-order chi connectivity index (χ0) is 19.2. The summed E-state index contributed by atoms with van der Waals surface area (Å²) in [7, 11) is 3.20. The van der Waals surface area contributed by atoms with Gasteiger partial charge in [-0.25, -0.2) is 4.68 Å². The minimum absolute atomic E-state index is 0.210. The van der Waals surface area contributed by atoms with E-state index < -0.39 is 0 Å². The molecule has 0 saturated carbocycles. The van der Waals surface area contributed by atoms with Crippen molar-refractivity contribution in [3.05, 3.63) is 48.0 Å². The monoisotopic (exact) mass is 364 g/mol. The lowest BCUT2D eigenvalue weighted by molar-refractivity contribution is -0.118. The van der Waals surface area contributed by atoms with Crippen LogP contribution in [0.2, 0.25) is 0 Å². The first-order valence-corrected chi connectivity index (χ1v) is 7.94. The van der Waals surface area contributed by atoms with E-state index in [0.717, 1.165) is 5.56 Å². The molecule has 0 atom stereocenters. The Labute approximate surface area is 155 Å². The van der Waals surface area contributed by atoms with Crippen LogP contribution in [-0.2, 0) is 11.8 Å². The standard InChI is InChI=1S/C18H16N6O3/c1-24-18(21-22-23-24)13-4-3-5-14(9-13)20-17(25)11-27-15-7-6-12(10-19)8-16(15)26-2/h3-9H,11H2,1-2H3,(H,20,25). The second-order valence-electron chi connectivity index (χ2n) is 5.52. The lowest BCUT2D eigenvalue weighted by Crippen LogP contribution is -2.20. The van der Waals surface area contributed by atoms with Crippen molar-refractivity contribution in [1.29, 1.82) is 5.26 Å². The predicted molar refractivity (Wildman–Crippen MR) is 96.1 cm³/mol. The first-order valence-electron chi connectivity index (χ1n) is 7.94. The van der Waals surface area contributed by atoms with Gasteiger partial charge in [-0.3, -0.25) is 4.79 Å². The normalized spacial score (nSPS) is 10.1. The molecule has 0 aliphatic carbocycles. The van der Waals surface area contributed by atoms with E-state index in [2.05, 4.69) is 20.8 Å². The van der Waals surface area contributed by atoms with Crippen molar-refractivity contribution in [2.45, 2.75) is 0 Å². The minimum Gasteiger partial charge on any atom is -0.493 e. The summed E-state index contributed by atoms with van der Waals surface area (Å²) < 4.78 is 12.2. The fourth-order valence-electron chi connectivity index (χ4n) is 2.41. The summed E-state index contributed by atoms with van der Waals surface area (Å²) >= 11 is 0. The summed E-state index contributed by atoms with van der Waals surface area (Å²) in [6, 6.07) is 13.9. The van der Waals surface area contributed by atoms with E-state index in [0.29, 0.717) is 28.6 Å². The Morgan fingerprint density at radius 2 is 2.11 bits per heavy atom. The number of nitriles is 1. The van der Waals surface area contributed by atoms with Crippen molar-refractivity contribution in [3.8, 4) is 29.0 Å². The highest BCUT2D eigenvalue weighted by Crippen LogP contribution is 2.27. The largest absolute Gasteiger partial charge is 0.493 e. The molecule has 3 rings (SSSR count). The summed E-state index contributed by atoms with van der Waals surface area (Å²) in [4.78, 5) is 12.2. The number of carbonyl (C=O) groups is 1. The van der Waals surface area contributed by atoms with E-state index in [1.54, 1.807) is 48.1 Å². The Bertz CT molecular complexity index is 1010. The number of aryl methyl sites for hydroxylation is 1. The van der Waals surface area contributed by atoms with Gasteiger partial charge in [-0.15, -0.1) is 5.10 Å². The summed E-state index contributed by atoms with van der Waals surface area (Å²) in [6.07, 6.45) is 0. The molecule has 9 heteroatoms. The number of carbonyl (C=O) groups excluding carboxylic acids is 1. The van der Waals surface area contributed by atoms with Crippen molar-refractivity contribution in [3.63, 3.8) is 0 Å². The van der Waals surface area contributed by atoms with Gasteiger partial charge in [-0.1, -0.05) is 12.1 Å². The maximum Gasteiger partial charge on any atom is 0.262 e. The molecule has 0 bridgehead atoms. The number of nitrogens with one attached hydrogen (secondary N) is 1. The molecule has 27 heavy (non-hydrogen) atoms. The molecule has 1 aromatic heterocycles. The Morgan fingerprint density at radius 1 is 1.26 bits per heavy atom. The second kappa shape index (κ2) is 7.97. The van der Waals surface area contributed by atoms with Gasteiger partial charge in [0.05, 0.1) is 18.7 Å². The minimum atomic E-state index is -0.338. The topological polar surface area (TPSA) is 115 Å². The lowest BCUT2D eigenvalue weighted by Gasteiger charge is -2.11. The first kappa shape index (κ1) is 17.9. The maximum atomic E-state index is 12.2. The van der Waals surface area contributed by atoms with Crippen LogP contribution in [0.5, 0.6) is 11.5 Å². The predicted octanol–water partition coefficient (Wildman–Crippen LogP) is 1.77. The molecule has 3 aromatic rings. The number of nitrogens with zero attached hydrogens (tertiary/aromatic N) is 5. The third kappa shape index (κ3) is 4.19. The van der Waals surface area contributed by atoms with Crippen LogP contribution in [0.4, 0.5) is 5.69 Å². The smallest absolute Gasteiger partial charge is 0.262 e. The third-order valence-corrected chi connectivity index (χ3v) is 3.68. The van der Waals surface area contributed by atoms with E-state index >= 15 is 0 Å². The van der Waals surface area contributed by atoms with Crippen LogP contribution in [-0.4, -0.2) is 39.8 Å². The molecule has 9 nitrogen and oxygen atoms in total. The Morgan fingerprint density at radius 3 is 2.81 bits per heavy atom. The van der Waals surface area contributed by atoms with E-state index in [9.17, 15) is 4.79 Å². The van der Waals surface area contributed by atoms with Gasteiger partial charge in [0.15, 0.2) is 23.9 Å². The molecule has 0 aliphatic rings. The fourth-order valence-corrected chi connectivity index (χ4v) is 2.41. The van der Waals surface area contributed by atoms with Gasteiger partial charge < -0.3 is 14.8 Å². The highest BCUT2D eigenvalue weighted by atomic mass is 16.5. The van der Waals surface area contributed by atoms with Crippen LogP contribution < -0.4 is 14.8 Å². The van der Waals surface area contributed by atoms with Gasteiger partial charge in [0.25, 0.3) is 5.91 Å². The van der Waals surface area contributed by atoms with Crippen LogP contribution >= 0.6 is 0 Å². The van der Waals surface area contributed by atoms with Gasteiger partial charge in [0.2, 0.25) is 0 Å². The molecule has 0 fully saturated rings. The maximum absolute atomic E-state index is 12.2. The first-order chi connectivity index (χ1) is 13.1. The van der Waals surface area contributed by atoms with E-state index in [-0.39, 0.29) is 12.5 Å². The molecule has 2 aromatic carbocycles. The Balaban J connectivity index is 1.65. The number of benzene rings is 2. The summed E-state index contributed by atoms with van der Waals surface area (Å²) in [6.45, 7) is -0.210. The van der Waals surface area contributed by atoms with Crippen LogP contribution in [0.15, 0.2) is 42.5 Å². The van der Waals surface area contributed by atoms with Gasteiger partial charge in [0, 0.05) is 24.4 Å². The average molecular weight is 364 g/mol. The number of hydrogen-bond donors (Lipinski definition) is 1. The SMILES string of the molecule is COc1cc(C#N)ccc1OCC(=O)Nc1cccc(-c2nnnn2C)c1. The van der Waals surface area contributed by atoms with Crippen molar-refractivity contribution < 1.29 is 14.3 Å². The molecule has 1 N–H and O–H groups in total. The van der Waals surface area contributed by atoms with Crippen LogP contribution in [0, 0.1) is 11.3 Å². The third-order valence-electron chi connectivity index (χ3n) is 3.68. The zero-order valence-electron chi connectivity index (χ0n) is 14.7. The van der Waals surface area contributed by atoms with Crippen LogP contribution in [0.3, 0.4) is 0 Å². The number of hydrogen-bond acceptors (Lipinski definition) is 7. The Kier molecular flexibility index (Phi) is 5.28. The molecular weight excluding hydrogens is 348 g/mol. The quantitative estimate of drug-likeness (QED) is 0.709. The number of ether oxygens (including phenoxy) is 2. The summed E-state index contributed by atoms with van der Waals surface area (Å²) in [5.74, 6) is 1.02.